The topological polar surface area (TPSA) is 32.3 Å². The van der Waals surface area contributed by atoms with E-state index >= 15 is 0 Å². The first-order valence-corrected chi connectivity index (χ1v) is 6.77. The maximum Gasteiger partial charge on any atom is 0.0758 e. The van der Waals surface area contributed by atoms with Crippen molar-refractivity contribution in [3.05, 3.63) is 28.7 Å². The lowest BCUT2D eigenvalue weighted by Gasteiger charge is -2.10. The predicted molar refractivity (Wildman–Crippen MR) is 69.4 cm³/mol. The van der Waals surface area contributed by atoms with Gasteiger partial charge in [0.25, 0.3) is 0 Å². The third-order valence-electron chi connectivity index (χ3n) is 1.89. The first-order chi connectivity index (χ1) is 7.22. The lowest BCUT2D eigenvalue weighted by Crippen LogP contribution is -2.28. The molecule has 84 valence electrons. The summed E-state index contributed by atoms with van der Waals surface area (Å²) in [6.45, 7) is 3.61. The summed E-state index contributed by atoms with van der Waals surface area (Å²) in [5.74, 6) is 0.731. The van der Waals surface area contributed by atoms with E-state index in [1.807, 2.05) is 19.1 Å². The van der Waals surface area contributed by atoms with Gasteiger partial charge in [0, 0.05) is 21.7 Å². The van der Waals surface area contributed by atoms with Crippen molar-refractivity contribution in [1.29, 1.82) is 0 Å². The van der Waals surface area contributed by atoms with Gasteiger partial charge >= 0.3 is 0 Å². The summed E-state index contributed by atoms with van der Waals surface area (Å²) >= 11 is 5.07. The molecule has 0 aromatic heterocycles. The van der Waals surface area contributed by atoms with E-state index in [1.54, 1.807) is 11.8 Å². The highest BCUT2D eigenvalue weighted by molar-refractivity contribution is 9.10. The van der Waals surface area contributed by atoms with Crippen LogP contribution in [0.4, 0.5) is 0 Å². The Bertz CT molecular complexity index is 278. The van der Waals surface area contributed by atoms with Crippen LogP contribution in [0.25, 0.3) is 0 Å². The first-order valence-electron chi connectivity index (χ1n) is 4.99. The maximum absolute atomic E-state index is 9.60. The molecule has 0 saturated carbocycles. The van der Waals surface area contributed by atoms with Crippen LogP contribution in [0.15, 0.2) is 33.6 Å². The second kappa shape index (κ2) is 7.28. The van der Waals surface area contributed by atoms with Crippen molar-refractivity contribution in [2.24, 2.45) is 0 Å². The fourth-order valence-corrected chi connectivity index (χ4v) is 2.19. The Morgan fingerprint density at radius 1 is 1.40 bits per heavy atom. The average molecular weight is 290 g/mol. The van der Waals surface area contributed by atoms with Crippen molar-refractivity contribution in [2.45, 2.75) is 17.9 Å². The van der Waals surface area contributed by atoms with Crippen LogP contribution in [-0.2, 0) is 0 Å². The summed E-state index contributed by atoms with van der Waals surface area (Å²) in [5.41, 5.74) is 0. The molecule has 1 rings (SSSR count). The zero-order valence-electron chi connectivity index (χ0n) is 8.74. The van der Waals surface area contributed by atoms with Gasteiger partial charge in [0.15, 0.2) is 0 Å². The highest BCUT2D eigenvalue weighted by Gasteiger charge is 2.03. The minimum atomic E-state index is -0.279. The largest absolute Gasteiger partial charge is 0.391 e. The van der Waals surface area contributed by atoms with Crippen molar-refractivity contribution in [1.82, 2.24) is 5.32 Å². The molecule has 1 aromatic carbocycles. The highest BCUT2D eigenvalue weighted by atomic mass is 79.9. The summed E-state index contributed by atoms with van der Waals surface area (Å²) in [6.07, 6.45) is -0.279. The summed E-state index contributed by atoms with van der Waals surface area (Å²) < 4.78 is 1.08. The van der Waals surface area contributed by atoms with Crippen molar-refractivity contribution >= 4 is 27.7 Å². The fraction of sp³-hybridized carbons (Fsp3) is 0.455. The van der Waals surface area contributed by atoms with Crippen LogP contribution in [0.2, 0.25) is 0 Å². The van der Waals surface area contributed by atoms with Crippen molar-refractivity contribution in [3.63, 3.8) is 0 Å². The summed E-state index contributed by atoms with van der Waals surface area (Å²) in [7, 11) is 0. The van der Waals surface area contributed by atoms with Crippen LogP contribution in [0.3, 0.4) is 0 Å². The number of aliphatic hydroxyl groups is 1. The Labute approximate surface area is 104 Å². The van der Waals surface area contributed by atoms with Gasteiger partial charge in [-0.1, -0.05) is 22.9 Å². The number of thioether (sulfide) groups is 1. The van der Waals surface area contributed by atoms with E-state index in [0.717, 1.165) is 16.8 Å². The monoisotopic (exact) mass is 289 g/mol. The molecule has 2 N–H and O–H groups in total. The lowest BCUT2D eigenvalue weighted by molar-refractivity contribution is 0.197. The van der Waals surface area contributed by atoms with Gasteiger partial charge in [0.05, 0.1) is 6.10 Å². The summed E-state index contributed by atoms with van der Waals surface area (Å²) in [4.78, 5) is 1.19. The van der Waals surface area contributed by atoms with Crippen molar-refractivity contribution < 1.29 is 5.11 Å². The number of hydrogen-bond acceptors (Lipinski definition) is 3. The highest BCUT2D eigenvalue weighted by Crippen LogP contribution is 2.21. The minimum Gasteiger partial charge on any atom is -0.391 e. The second-order valence-electron chi connectivity index (χ2n) is 3.23. The Hall–Kier alpha value is -0.0300. The number of aliphatic hydroxyl groups excluding tert-OH is 1. The number of likely N-dealkylation sites (N-methyl/N-ethyl adjacent to an activating group) is 1. The van der Waals surface area contributed by atoms with E-state index in [0.29, 0.717) is 6.54 Å². The Balaban J connectivity index is 2.27. The van der Waals surface area contributed by atoms with Crippen LogP contribution in [-0.4, -0.2) is 30.1 Å². The molecule has 0 fully saturated rings. The average Bonchev–Trinajstić information content (AvgIpc) is 2.25. The van der Waals surface area contributed by atoms with Crippen LogP contribution in [0.1, 0.15) is 6.92 Å². The molecule has 0 heterocycles. The molecule has 0 radical (unpaired) electrons. The van der Waals surface area contributed by atoms with Crippen LogP contribution in [0.5, 0.6) is 0 Å². The van der Waals surface area contributed by atoms with Gasteiger partial charge < -0.3 is 10.4 Å². The van der Waals surface area contributed by atoms with Crippen molar-refractivity contribution in [3.8, 4) is 0 Å². The van der Waals surface area contributed by atoms with Gasteiger partial charge in [-0.05, 0) is 30.8 Å². The fourth-order valence-electron chi connectivity index (χ4n) is 1.09. The van der Waals surface area contributed by atoms with E-state index in [4.69, 9.17) is 0 Å². The van der Waals surface area contributed by atoms with E-state index in [1.165, 1.54) is 4.90 Å². The summed E-state index contributed by atoms with van der Waals surface area (Å²) in [6, 6.07) is 8.13. The third kappa shape index (κ3) is 5.56. The smallest absolute Gasteiger partial charge is 0.0758 e. The molecule has 0 amide bonds. The molecule has 1 atom stereocenters. The lowest BCUT2D eigenvalue weighted by atomic mass is 10.4. The molecule has 2 nitrogen and oxygen atoms in total. The molecular weight excluding hydrogens is 274 g/mol. The normalized spacial score (nSPS) is 12.7. The molecule has 1 aromatic rings. The number of halogens is 1. The predicted octanol–water partition coefficient (Wildman–Crippen LogP) is 2.51. The molecular formula is C11H16BrNOS. The number of nitrogens with one attached hydrogen (secondary N) is 1. The zero-order valence-corrected chi connectivity index (χ0v) is 11.1. The molecule has 0 spiro atoms. The second-order valence-corrected chi connectivity index (χ2v) is 5.24. The molecule has 0 aliphatic rings. The van der Waals surface area contributed by atoms with Gasteiger partial charge in [-0.25, -0.2) is 0 Å². The molecule has 0 bridgehead atoms. The minimum absolute atomic E-state index is 0.279. The molecule has 4 heteroatoms. The van der Waals surface area contributed by atoms with Crippen LogP contribution in [0, 0.1) is 0 Å². The number of hydrogen-bond donors (Lipinski definition) is 2. The molecule has 0 saturated heterocycles. The third-order valence-corrected chi connectivity index (χ3v) is 3.57. The standard InChI is InChI=1S/C11H16BrNOS/c1-2-13-7-10(14)8-15-11-5-3-9(12)4-6-11/h3-6,10,13-14H,2,7-8H2,1H3. The molecule has 1 unspecified atom stereocenters. The Kier molecular flexibility index (Phi) is 6.32. The molecule has 15 heavy (non-hydrogen) atoms. The van der Waals surface area contributed by atoms with E-state index in [2.05, 4.69) is 33.4 Å². The van der Waals surface area contributed by atoms with E-state index in [9.17, 15) is 5.11 Å². The Morgan fingerprint density at radius 2 is 2.07 bits per heavy atom. The van der Waals surface area contributed by atoms with Crippen LogP contribution >= 0.6 is 27.7 Å². The SMILES string of the molecule is CCNCC(O)CSc1ccc(Br)cc1. The molecule has 0 aliphatic carbocycles. The first kappa shape index (κ1) is 13.0. The van der Waals surface area contributed by atoms with Gasteiger partial charge in [-0.2, -0.15) is 0 Å². The van der Waals surface area contributed by atoms with E-state index < -0.39 is 0 Å². The van der Waals surface area contributed by atoms with Gasteiger partial charge in [-0.3, -0.25) is 0 Å². The van der Waals surface area contributed by atoms with Crippen LogP contribution < -0.4 is 5.32 Å². The quantitative estimate of drug-likeness (QED) is 0.790. The van der Waals surface area contributed by atoms with Crippen molar-refractivity contribution in [2.75, 3.05) is 18.8 Å². The van der Waals surface area contributed by atoms with Gasteiger partial charge in [0.1, 0.15) is 0 Å². The summed E-state index contributed by atoms with van der Waals surface area (Å²) in [5, 5.41) is 12.7. The van der Waals surface area contributed by atoms with E-state index in [-0.39, 0.29) is 6.10 Å². The van der Waals surface area contributed by atoms with Gasteiger partial charge in [0.2, 0.25) is 0 Å². The zero-order chi connectivity index (χ0) is 11.1. The Morgan fingerprint density at radius 3 is 2.67 bits per heavy atom. The molecule has 0 aliphatic heterocycles. The number of benzene rings is 1. The maximum atomic E-state index is 9.60. The van der Waals surface area contributed by atoms with Gasteiger partial charge in [-0.15, -0.1) is 11.8 Å². The number of rotatable bonds is 6.